The molecule has 0 aromatic heterocycles. The number of nitrogens with one attached hydrogen (secondary N) is 1. The summed E-state index contributed by atoms with van der Waals surface area (Å²) in [5.41, 5.74) is -0.370. The maximum Gasteiger partial charge on any atom is 0.460 e. The second kappa shape index (κ2) is 10.4. The van der Waals surface area contributed by atoms with Gasteiger partial charge in [-0.2, -0.15) is 30.7 Å². The van der Waals surface area contributed by atoms with E-state index in [-0.39, 0.29) is 23.8 Å². The molecule has 0 saturated carbocycles. The van der Waals surface area contributed by atoms with Crippen LogP contribution in [0.1, 0.15) is 32.8 Å². The summed E-state index contributed by atoms with van der Waals surface area (Å²) in [5, 5.41) is 2.69. The second-order valence-corrected chi connectivity index (χ2v) is 15.2. The number of amides is 2. The van der Waals surface area contributed by atoms with Crippen molar-refractivity contribution < 1.29 is 49.5 Å². The largest absolute Gasteiger partial charge is 0.491 e. The highest BCUT2D eigenvalue weighted by Gasteiger charge is 2.77. The molecule has 37 heavy (non-hydrogen) atoms. The minimum atomic E-state index is -6.64. The molecule has 210 valence electrons. The Morgan fingerprint density at radius 1 is 1.05 bits per heavy atom. The van der Waals surface area contributed by atoms with Gasteiger partial charge in [-0.15, -0.1) is 0 Å². The van der Waals surface area contributed by atoms with Gasteiger partial charge >= 0.3 is 23.9 Å². The van der Waals surface area contributed by atoms with E-state index in [1.165, 1.54) is 20.8 Å². The van der Waals surface area contributed by atoms with Crippen LogP contribution in [-0.2, 0) is 20.4 Å². The van der Waals surface area contributed by atoms with Crippen LogP contribution in [0, 0.1) is 0 Å². The van der Waals surface area contributed by atoms with Crippen molar-refractivity contribution in [2.24, 2.45) is 0 Å². The van der Waals surface area contributed by atoms with Gasteiger partial charge in [-0.25, -0.2) is 0 Å². The standard InChI is InChI=1S/C23H31F7N2O4Si/c1-20(2,3)32(19(34)21(24,25)22(26,27)23(28,29)30)12-14(36-37(4,5)6)13-35-17-9-7-8-16-15(17)10-11-18(33)31-16/h7-9,14H,10-13H2,1-6H3,(H,31,33). The van der Waals surface area contributed by atoms with Gasteiger partial charge in [0.15, 0.2) is 8.32 Å². The molecule has 14 heteroatoms. The summed E-state index contributed by atoms with van der Waals surface area (Å²) < 4.78 is 106. The lowest BCUT2D eigenvalue weighted by molar-refractivity contribution is -0.346. The highest BCUT2D eigenvalue weighted by atomic mass is 28.4. The van der Waals surface area contributed by atoms with Crippen LogP contribution in [-0.4, -0.2) is 67.8 Å². The number of carbonyl (C=O) groups is 2. The predicted octanol–water partition coefficient (Wildman–Crippen LogP) is 5.63. The van der Waals surface area contributed by atoms with Gasteiger partial charge in [-0.05, 0) is 59.0 Å². The normalized spacial score (nSPS) is 16.1. The zero-order valence-corrected chi connectivity index (χ0v) is 22.4. The van der Waals surface area contributed by atoms with Gasteiger partial charge in [0.2, 0.25) is 5.91 Å². The van der Waals surface area contributed by atoms with Crippen LogP contribution in [0.5, 0.6) is 5.75 Å². The fourth-order valence-corrected chi connectivity index (χ4v) is 4.82. The topological polar surface area (TPSA) is 67.9 Å². The highest BCUT2D eigenvalue weighted by molar-refractivity contribution is 6.69. The van der Waals surface area contributed by atoms with Crippen LogP contribution in [0.3, 0.4) is 0 Å². The summed E-state index contributed by atoms with van der Waals surface area (Å²) in [5.74, 6) is -15.1. The van der Waals surface area contributed by atoms with E-state index in [9.17, 15) is 40.3 Å². The molecule has 2 rings (SSSR count). The van der Waals surface area contributed by atoms with Crippen molar-refractivity contribution in [3.05, 3.63) is 23.8 Å². The van der Waals surface area contributed by atoms with Crippen molar-refractivity contribution in [1.82, 2.24) is 4.90 Å². The minimum Gasteiger partial charge on any atom is -0.491 e. The van der Waals surface area contributed by atoms with Crippen molar-refractivity contribution in [3.63, 3.8) is 0 Å². The first kappa shape index (κ1) is 30.9. The highest BCUT2D eigenvalue weighted by Crippen LogP contribution is 2.47. The van der Waals surface area contributed by atoms with Gasteiger partial charge in [0.1, 0.15) is 12.4 Å². The van der Waals surface area contributed by atoms with E-state index in [1.807, 2.05) is 0 Å². The summed E-state index contributed by atoms with van der Waals surface area (Å²) in [6.45, 7) is 7.87. The van der Waals surface area contributed by atoms with Crippen LogP contribution in [0.2, 0.25) is 19.6 Å². The van der Waals surface area contributed by atoms with Crippen LogP contribution in [0.25, 0.3) is 0 Å². The van der Waals surface area contributed by atoms with E-state index in [0.29, 0.717) is 23.4 Å². The fourth-order valence-electron chi connectivity index (χ4n) is 3.68. The lowest BCUT2D eigenvalue weighted by Gasteiger charge is -2.42. The molecule has 1 atom stereocenters. The average Bonchev–Trinajstić information content (AvgIpc) is 2.72. The lowest BCUT2D eigenvalue weighted by atomic mass is 10.0. The van der Waals surface area contributed by atoms with Crippen molar-refractivity contribution >= 4 is 25.8 Å². The number of hydrogen-bond donors (Lipinski definition) is 1. The maximum absolute atomic E-state index is 14.4. The third-order valence-electron chi connectivity index (χ3n) is 5.41. The van der Waals surface area contributed by atoms with Crippen LogP contribution in [0.15, 0.2) is 18.2 Å². The number of rotatable bonds is 9. The molecular formula is C23H31F7N2O4Si. The molecule has 0 saturated heterocycles. The van der Waals surface area contributed by atoms with Crippen molar-refractivity contribution in [2.45, 2.75) is 82.9 Å². The van der Waals surface area contributed by atoms with Crippen molar-refractivity contribution in [3.8, 4) is 5.75 Å². The zero-order chi connectivity index (χ0) is 28.6. The number of benzene rings is 1. The van der Waals surface area contributed by atoms with Gasteiger partial charge in [-0.3, -0.25) is 9.59 Å². The molecule has 2 amide bonds. The van der Waals surface area contributed by atoms with Crippen molar-refractivity contribution in [2.75, 3.05) is 18.5 Å². The van der Waals surface area contributed by atoms with Gasteiger partial charge in [0.05, 0.1) is 6.10 Å². The third-order valence-corrected chi connectivity index (χ3v) is 6.45. The number of fused-ring (bicyclic) bond motifs is 1. The fraction of sp³-hybridized carbons (Fsp3) is 0.652. The van der Waals surface area contributed by atoms with Crippen LogP contribution >= 0.6 is 0 Å². The van der Waals surface area contributed by atoms with Gasteiger partial charge in [0, 0.05) is 29.8 Å². The predicted molar refractivity (Wildman–Crippen MR) is 125 cm³/mol. The van der Waals surface area contributed by atoms with E-state index in [0.717, 1.165) is 0 Å². The Balaban J connectivity index is 2.36. The van der Waals surface area contributed by atoms with E-state index < -0.39 is 50.4 Å². The summed E-state index contributed by atoms with van der Waals surface area (Å²) >= 11 is 0. The quantitative estimate of drug-likeness (QED) is 0.314. The molecule has 1 aliphatic rings. The molecule has 0 aliphatic carbocycles. The maximum atomic E-state index is 14.4. The second-order valence-electron chi connectivity index (χ2n) is 10.7. The smallest absolute Gasteiger partial charge is 0.460 e. The van der Waals surface area contributed by atoms with Gasteiger partial charge < -0.3 is 19.4 Å². The Bertz CT molecular complexity index is 1000. The Labute approximate surface area is 211 Å². The number of carbonyl (C=O) groups excluding carboxylic acids is 2. The van der Waals surface area contributed by atoms with Crippen molar-refractivity contribution in [1.29, 1.82) is 0 Å². The molecule has 1 heterocycles. The van der Waals surface area contributed by atoms with E-state index >= 15 is 0 Å². The summed E-state index contributed by atoms with van der Waals surface area (Å²) in [6, 6.07) is 4.88. The van der Waals surface area contributed by atoms with Gasteiger partial charge in [-0.1, -0.05) is 6.07 Å². The van der Waals surface area contributed by atoms with E-state index in [1.54, 1.807) is 37.8 Å². The molecule has 0 spiro atoms. The number of alkyl halides is 7. The number of ether oxygens (including phenoxy) is 1. The monoisotopic (exact) mass is 560 g/mol. The van der Waals surface area contributed by atoms with E-state index in [4.69, 9.17) is 9.16 Å². The Morgan fingerprint density at radius 3 is 2.16 bits per heavy atom. The first-order valence-electron chi connectivity index (χ1n) is 11.4. The Morgan fingerprint density at radius 2 is 1.65 bits per heavy atom. The molecule has 1 N–H and O–H groups in total. The molecule has 6 nitrogen and oxygen atoms in total. The van der Waals surface area contributed by atoms with Crippen LogP contribution < -0.4 is 10.1 Å². The molecule has 1 aromatic rings. The number of nitrogens with zero attached hydrogens (tertiary/aromatic N) is 1. The number of anilines is 1. The molecule has 0 radical (unpaired) electrons. The number of hydrogen-bond acceptors (Lipinski definition) is 4. The first-order valence-corrected chi connectivity index (χ1v) is 14.9. The minimum absolute atomic E-state index is 0.180. The molecule has 1 aliphatic heterocycles. The van der Waals surface area contributed by atoms with E-state index in [2.05, 4.69) is 5.32 Å². The summed E-state index contributed by atoms with van der Waals surface area (Å²) in [6.07, 6.45) is -7.21. The summed E-state index contributed by atoms with van der Waals surface area (Å²) in [7, 11) is -2.46. The molecule has 0 fully saturated rings. The SMILES string of the molecule is CC(C)(C)N(CC(COc1cccc2c1CCC(=O)N2)O[Si](C)(C)C)C(=O)C(F)(F)C(F)(F)C(F)(F)F. The molecule has 1 unspecified atom stereocenters. The van der Waals surface area contributed by atoms with Gasteiger partial charge in [0.25, 0.3) is 0 Å². The van der Waals surface area contributed by atoms with Crippen LogP contribution in [0.4, 0.5) is 36.4 Å². The Kier molecular flexibility index (Phi) is 8.70. The lowest BCUT2D eigenvalue weighted by Crippen LogP contribution is -2.64. The molecule has 0 bridgehead atoms. The Hall–Kier alpha value is -2.35. The number of halogens is 7. The molecule has 1 aromatic carbocycles. The zero-order valence-electron chi connectivity index (χ0n) is 21.4. The summed E-state index contributed by atoms with van der Waals surface area (Å²) in [4.78, 5) is 24.5. The molecular weight excluding hydrogens is 529 g/mol. The average molecular weight is 561 g/mol. The third kappa shape index (κ3) is 7.15. The first-order chi connectivity index (χ1) is 16.6.